The third-order valence-corrected chi connectivity index (χ3v) is 4.89. The van der Waals surface area contributed by atoms with E-state index in [0.29, 0.717) is 0 Å². The number of hydrazine groups is 1. The molecule has 0 amide bonds. The summed E-state index contributed by atoms with van der Waals surface area (Å²) in [6, 6.07) is 0.306. The van der Waals surface area contributed by atoms with Crippen molar-refractivity contribution in [2.75, 3.05) is 28.4 Å². The highest BCUT2D eigenvalue weighted by atomic mass is 32.2. The molecule has 1 aromatic heterocycles. The lowest BCUT2D eigenvalue weighted by Crippen LogP contribution is -2.47. The summed E-state index contributed by atoms with van der Waals surface area (Å²) in [5.41, 5.74) is 0.845. The van der Waals surface area contributed by atoms with Crippen LogP contribution in [0.4, 0.5) is 24.9 Å². The normalized spacial score (nSPS) is 22.1. The highest BCUT2D eigenvalue weighted by Gasteiger charge is 2.36. The van der Waals surface area contributed by atoms with Crippen molar-refractivity contribution in [2.45, 2.75) is 19.1 Å². The summed E-state index contributed by atoms with van der Waals surface area (Å²) < 4.78 is 61.4. The first-order valence-corrected chi connectivity index (χ1v) is 7.84. The average Bonchev–Trinajstić information content (AvgIpc) is 2.36. The molecule has 7 nitrogen and oxygen atoms in total. The van der Waals surface area contributed by atoms with Gasteiger partial charge in [0, 0.05) is 18.7 Å². The van der Waals surface area contributed by atoms with Gasteiger partial charge in [0.1, 0.15) is 5.82 Å². The number of rotatable bonds is 2. The Morgan fingerprint density at radius 3 is 2.62 bits per heavy atom. The van der Waals surface area contributed by atoms with Gasteiger partial charge < -0.3 is 4.90 Å². The monoisotopic (exact) mass is 325 g/mol. The zero-order chi connectivity index (χ0) is 15.8. The van der Waals surface area contributed by atoms with Gasteiger partial charge in [-0.3, -0.25) is 5.43 Å². The number of nitrogens with zero attached hydrogens (tertiary/aromatic N) is 3. The van der Waals surface area contributed by atoms with E-state index in [4.69, 9.17) is 5.84 Å². The Morgan fingerprint density at radius 2 is 2.10 bits per heavy atom. The Labute approximate surface area is 119 Å². The first-order valence-electron chi connectivity index (χ1n) is 6.02. The number of nitrogen functional groups attached to an aromatic ring is 1. The van der Waals surface area contributed by atoms with Crippen molar-refractivity contribution in [2.24, 2.45) is 5.84 Å². The summed E-state index contributed by atoms with van der Waals surface area (Å²) in [4.78, 5) is 8.62. The second-order valence-corrected chi connectivity index (χ2v) is 6.96. The molecule has 0 saturated carbocycles. The van der Waals surface area contributed by atoms with Gasteiger partial charge >= 0.3 is 6.18 Å². The van der Waals surface area contributed by atoms with Crippen LogP contribution in [-0.4, -0.2) is 42.5 Å². The first kappa shape index (κ1) is 15.8. The second-order valence-electron chi connectivity index (χ2n) is 4.73. The van der Waals surface area contributed by atoms with Crippen molar-refractivity contribution < 1.29 is 21.6 Å². The fraction of sp³-hybridized carbons (Fsp3) is 0.600. The molecule has 0 radical (unpaired) electrons. The summed E-state index contributed by atoms with van der Waals surface area (Å²) in [6.07, 6.45) is -4.64. The first-order chi connectivity index (χ1) is 9.62. The molecule has 1 atom stereocenters. The van der Waals surface area contributed by atoms with E-state index in [0.717, 1.165) is 6.07 Å². The van der Waals surface area contributed by atoms with E-state index in [1.165, 1.54) is 4.90 Å². The van der Waals surface area contributed by atoms with Gasteiger partial charge in [0.25, 0.3) is 0 Å². The number of halogens is 3. The maximum absolute atomic E-state index is 12.8. The predicted octanol–water partition coefficient (Wildman–Crippen LogP) is 0.404. The topological polar surface area (TPSA) is 101 Å². The highest BCUT2D eigenvalue weighted by Crippen LogP contribution is 2.31. The summed E-state index contributed by atoms with van der Waals surface area (Å²) in [6.45, 7) is 1.68. The van der Waals surface area contributed by atoms with Gasteiger partial charge in [-0.2, -0.15) is 18.2 Å². The molecule has 1 aromatic rings. The minimum atomic E-state index is -4.64. The van der Waals surface area contributed by atoms with E-state index >= 15 is 0 Å². The smallest absolute Gasteiger partial charge is 0.352 e. The lowest BCUT2D eigenvalue weighted by Gasteiger charge is -2.34. The summed E-state index contributed by atoms with van der Waals surface area (Å²) in [5, 5.41) is 0. The molecule has 1 saturated heterocycles. The van der Waals surface area contributed by atoms with Crippen LogP contribution >= 0.6 is 0 Å². The lowest BCUT2D eigenvalue weighted by molar-refractivity contribution is -0.141. The Kier molecular flexibility index (Phi) is 3.97. The number of nitrogens with one attached hydrogen (secondary N) is 1. The van der Waals surface area contributed by atoms with Crippen molar-refractivity contribution >= 4 is 21.6 Å². The standard InChI is InChI=1S/C10H14F3N5O2S/c1-6-5-21(19,20)3-2-18(6)8-4-7(10(11,12)13)15-9(16-8)17-14/h4,6H,2-3,5,14H2,1H3,(H,15,16,17). The number of alkyl halides is 3. The van der Waals surface area contributed by atoms with E-state index in [2.05, 4.69) is 9.97 Å². The fourth-order valence-corrected chi connectivity index (χ4v) is 3.69. The maximum Gasteiger partial charge on any atom is 0.433 e. The molecule has 1 aliphatic heterocycles. The molecule has 3 N–H and O–H groups in total. The van der Waals surface area contributed by atoms with Gasteiger partial charge in [-0.1, -0.05) is 0 Å². The minimum absolute atomic E-state index is 0.00678. The molecule has 1 aliphatic rings. The van der Waals surface area contributed by atoms with Gasteiger partial charge in [0.05, 0.1) is 11.5 Å². The van der Waals surface area contributed by atoms with Crippen LogP contribution in [-0.2, 0) is 16.0 Å². The molecule has 118 valence electrons. The van der Waals surface area contributed by atoms with Crippen molar-refractivity contribution in [3.05, 3.63) is 11.8 Å². The zero-order valence-corrected chi connectivity index (χ0v) is 11.9. The van der Waals surface area contributed by atoms with E-state index < -0.39 is 27.7 Å². The van der Waals surface area contributed by atoms with Gasteiger partial charge in [-0.05, 0) is 6.92 Å². The van der Waals surface area contributed by atoms with Crippen LogP contribution in [0.25, 0.3) is 0 Å². The van der Waals surface area contributed by atoms with Crippen molar-refractivity contribution in [1.82, 2.24) is 9.97 Å². The summed E-state index contributed by atoms with van der Waals surface area (Å²) >= 11 is 0. The molecule has 21 heavy (non-hydrogen) atoms. The number of hydrogen-bond donors (Lipinski definition) is 2. The number of sulfone groups is 1. The van der Waals surface area contributed by atoms with E-state index in [1.54, 1.807) is 6.92 Å². The predicted molar refractivity (Wildman–Crippen MR) is 70.3 cm³/mol. The van der Waals surface area contributed by atoms with Crippen LogP contribution in [0.15, 0.2) is 6.07 Å². The highest BCUT2D eigenvalue weighted by molar-refractivity contribution is 7.91. The Bertz CT molecular complexity index is 634. The molecule has 2 rings (SSSR count). The van der Waals surface area contributed by atoms with Crippen LogP contribution in [0.1, 0.15) is 12.6 Å². The Hall–Kier alpha value is -1.62. The van der Waals surface area contributed by atoms with Crippen molar-refractivity contribution in [3.8, 4) is 0 Å². The molecular formula is C10H14F3N5O2S. The summed E-state index contributed by atoms with van der Waals surface area (Å²) in [5.74, 6) is 4.43. The second kappa shape index (κ2) is 5.30. The number of anilines is 2. The van der Waals surface area contributed by atoms with Gasteiger partial charge in [0.15, 0.2) is 15.5 Å². The van der Waals surface area contributed by atoms with E-state index in [-0.39, 0.29) is 29.8 Å². The molecule has 0 bridgehead atoms. The fourth-order valence-electron chi connectivity index (χ4n) is 2.13. The zero-order valence-electron chi connectivity index (χ0n) is 11.1. The molecular weight excluding hydrogens is 311 g/mol. The van der Waals surface area contributed by atoms with Crippen molar-refractivity contribution in [3.63, 3.8) is 0 Å². The SMILES string of the molecule is CC1CS(=O)(=O)CCN1c1cc(C(F)(F)F)nc(NN)n1. The third-order valence-electron chi connectivity index (χ3n) is 3.10. The largest absolute Gasteiger partial charge is 0.433 e. The van der Waals surface area contributed by atoms with Crippen LogP contribution in [0.5, 0.6) is 0 Å². The van der Waals surface area contributed by atoms with Crippen LogP contribution in [0.2, 0.25) is 0 Å². The Morgan fingerprint density at radius 1 is 1.43 bits per heavy atom. The number of nitrogens with two attached hydrogens (primary N) is 1. The van der Waals surface area contributed by atoms with Gasteiger partial charge in [-0.15, -0.1) is 0 Å². The Balaban J connectivity index is 2.40. The molecule has 0 spiro atoms. The lowest BCUT2D eigenvalue weighted by atomic mass is 10.3. The van der Waals surface area contributed by atoms with Crippen LogP contribution in [0, 0.1) is 0 Å². The number of aromatic nitrogens is 2. The third kappa shape index (κ3) is 3.53. The van der Waals surface area contributed by atoms with Crippen LogP contribution < -0.4 is 16.2 Å². The minimum Gasteiger partial charge on any atom is -0.352 e. The average molecular weight is 325 g/mol. The van der Waals surface area contributed by atoms with Crippen LogP contribution in [0.3, 0.4) is 0 Å². The van der Waals surface area contributed by atoms with Gasteiger partial charge in [0.2, 0.25) is 5.95 Å². The molecule has 11 heteroatoms. The number of hydrogen-bond acceptors (Lipinski definition) is 7. The summed E-state index contributed by atoms with van der Waals surface area (Å²) in [7, 11) is -3.17. The quantitative estimate of drug-likeness (QED) is 0.599. The van der Waals surface area contributed by atoms with Gasteiger partial charge in [-0.25, -0.2) is 19.2 Å². The van der Waals surface area contributed by atoms with E-state index in [9.17, 15) is 21.6 Å². The molecule has 0 aliphatic carbocycles. The maximum atomic E-state index is 12.8. The molecule has 0 aromatic carbocycles. The molecule has 2 heterocycles. The molecule has 1 fully saturated rings. The van der Waals surface area contributed by atoms with Crippen molar-refractivity contribution in [1.29, 1.82) is 0 Å². The molecule has 1 unspecified atom stereocenters. The van der Waals surface area contributed by atoms with E-state index in [1.807, 2.05) is 5.43 Å².